The number of urea groups is 1. The van der Waals surface area contributed by atoms with Crippen molar-refractivity contribution in [3.63, 3.8) is 0 Å². The molecule has 0 aliphatic rings. The zero-order valence-corrected chi connectivity index (χ0v) is 15.0. The van der Waals surface area contributed by atoms with E-state index >= 15 is 0 Å². The number of carbonyl (C=O) groups excluding carboxylic acids is 1. The van der Waals surface area contributed by atoms with E-state index in [1.54, 1.807) is 36.4 Å². The Morgan fingerprint density at radius 3 is 2.70 bits per heavy atom. The van der Waals surface area contributed by atoms with Gasteiger partial charge < -0.3 is 15.2 Å². The molecule has 27 heavy (non-hydrogen) atoms. The van der Waals surface area contributed by atoms with Gasteiger partial charge in [-0.15, -0.1) is 0 Å². The van der Waals surface area contributed by atoms with Gasteiger partial charge in [0.1, 0.15) is 11.6 Å². The standard InChI is InChI=1S/C20H21FN4O2/c1-2-25(20(27)22-12-11-14-7-3-5-9-16(14)21)13-18-23-17-10-6-4-8-15(17)19(26)24-18/h3-10H,2,11-13H2,1H3,(H,22,27)(H,23,24,26). The van der Waals surface area contributed by atoms with Crippen molar-refractivity contribution in [2.24, 2.45) is 0 Å². The smallest absolute Gasteiger partial charge is 0.317 e. The molecule has 2 N–H and O–H groups in total. The van der Waals surface area contributed by atoms with Crippen molar-refractivity contribution in [3.8, 4) is 0 Å². The highest BCUT2D eigenvalue weighted by atomic mass is 19.1. The summed E-state index contributed by atoms with van der Waals surface area (Å²) in [5, 5.41) is 3.29. The van der Waals surface area contributed by atoms with Crippen LogP contribution in [-0.4, -0.2) is 34.0 Å². The van der Waals surface area contributed by atoms with Gasteiger partial charge in [-0.25, -0.2) is 14.2 Å². The number of nitrogens with one attached hydrogen (secondary N) is 2. The van der Waals surface area contributed by atoms with Crippen LogP contribution in [0.25, 0.3) is 10.9 Å². The summed E-state index contributed by atoms with van der Waals surface area (Å²) in [4.78, 5) is 33.2. The first-order valence-corrected chi connectivity index (χ1v) is 8.82. The number of hydrogen-bond donors (Lipinski definition) is 2. The van der Waals surface area contributed by atoms with Gasteiger partial charge in [0.15, 0.2) is 0 Å². The van der Waals surface area contributed by atoms with E-state index in [1.165, 1.54) is 11.0 Å². The second kappa shape index (κ2) is 8.44. The van der Waals surface area contributed by atoms with Gasteiger partial charge in [0.05, 0.1) is 17.4 Å². The Hall–Kier alpha value is -3.22. The molecule has 0 aliphatic heterocycles. The first kappa shape index (κ1) is 18.6. The van der Waals surface area contributed by atoms with Gasteiger partial charge in [0, 0.05) is 13.1 Å². The molecular weight excluding hydrogens is 347 g/mol. The van der Waals surface area contributed by atoms with Gasteiger partial charge in [-0.05, 0) is 37.1 Å². The molecule has 0 unspecified atom stereocenters. The number of benzene rings is 2. The number of fused-ring (bicyclic) bond motifs is 1. The van der Waals surface area contributed by atoms with Gasteiger partial charge in [-0.3, -0.25) is 4.79 Å². The molecule has 0 atom stereocenters. The molecule has 3 rings (SSSR count). The molecule has 0 saturated carbocycles. The minimum atomic E-state index is -0.287. The Bertz CT molecular complexity index is 1000. The van der Waals surface area contributed by atoms with Gasteiger partial charge in [0.2, 0.25) is 0 Å². The lowest BCUT2D eigenvalue weighted by Crippen LogP contribution is -2.40. The second-order valence-electron chi connectivity index (χ2n) is 6.12. The number of rotatable bonds is 6. The van der Waals surface area contributed by atoms with Gasteiger partial charge in [-0.2, -0.15) is 0 Å². The van der Waals surface area contributed by atoms with Crippen molar-refractivity contribution >= 4 is 16.9 Å². The van der Waals surface area contributed by atoms with Crippen molar-refractivity contribution in [2.75, 3.05) is 13.1 Å². The highest BCUT2D eigenvalue weighted by molar-refractivity contribution is 5.77. The Kier molecular flexibility index (Phi) is 5.80. The molecule has 2 aromatic carbocycles. The third kappa shape index (κ3) is 4.49. The lowest BCUT2D eigenvalue weighted by atomic mass is 10.1. The van der Waals surface area contributed by atoms with Crippen LogP contribution in [0.5, 0.6) is 0 Å². The Morgan fingerprint density at radius 2 is 1.93 bits per heavy atom. The summed E-state index contributed by atoms with van der Waals surface area (Å²) < 4.78 is 13.6. The number of halogens is 1. The van der Waals surface area contributed by atoms with Crippen LogP contribution in [-0.2, 0) is 13.0 Å². The van der Waals surface area contributed by atoms with Crippen molar-refractivity contribution < 1.29 is 9.18 Å². The van der Waals surface area contributed by atoms with Gasteiger partial charge in [-0.1, -0.05) is 30.3 Å². The lowest BCUT2D eigenvalue weighted by molar-refractivity contribution is 0.197. The van der Waals surface area contributed by atoms with Gasteiger partial charge in [0.25, 0.3) is 5.56 Å². The molecule has 1 aromatic heterocycles. The highest BCUT2D eigenvalue weighted by Gasteiger charge is 2.14. The topological polar surface area (TPSA) is 78.1 Å². The molecule has 140 valence electrons. The zero-order chi connectivity index (χ0) is 19.2. The number of aromatic nitrogens is 2. The molecular formula is C20H21FN4O2. The van der Waals surface area contributed by atoms with Crippen LogP contribution >= 0.6 is 0 Å². The minimum Gasteiger partial charge on any atom is -0.338 e. The average Bonchev–Trinajstić information content (AvgIpc) is 2.67. The number of aromatic amines is 1. The fourth-order valence-electron chi connectivity index (χ4n) is 2.83. The first-order chi connectivity index (χ1) is 13.1. The Labute approximate surface area is 156 Å². The summed E-state index contributed by atoms with van der Waals surface area (Å²) in [5.41, 5.74) is 0.917. The van der Waals surface area contributed by atoms with E-state index < -0.39 is 0 Å². The minimum absolute atomic E-state index is 0.183. The fraction of sp³-hybridized carbons (Fsp3) is 0.250. The van der Waals surface area contributed by atoms with Crippen molar-refractivity contribution in [1.82, 2.24) is 20.2 Å². The predicted molar refractivity (Wildman–Crippen MR) is 102 cm³/mol. The summed E-state index contributed by atoms with van der Waals surface area (Å²) in [6, 6.07) is 13.3. The first-order valence-electron chi connectivity index (χ1n) is 8.82. The van der Waals surface area contributed by atoms with Crippen LogP contribution in [0.2, 0.25) is 0 Å². The summed E-state index contributed by atoms with van der Waals surface area (Å²) >= 11 is 0. The Morgan fingerprint density at radius 1 is 1.19 bits per heavy atom. The monoisotopic (exact) mass is 368 g/mol. The van der Waals surface area contributed by atoms with Crippen molar-refractivity contribution in [1.29, 1.82) is 0 Å². The van der Waals surface area contributed by atoms with Gasteiger partial charge >= 0.3 is 6.03 Å². The van der Waals surface area contributed by atoms with E-state index in [0.29, 0.717) is 41.8 Å². The lowest BCUT2D eigenvalue weighted by Gasteiger charge is -2.21. The molecule has 6 nitrogen and oxygen atoms in total. The van der Waals surface area contributed by atoms with Crippen LogP contribution < -0.4 is 10.9 Å². The molecule has 7 heteroatoms. The number of carbonyl (C=O) groups is 1. The normalized spacial score (nSPS) is 10.7. The fourth-order valence-corrected chi connectivity index (χ4v) is 2.83. The number of H-pyrrole nitrogens is 1. The molecule has 0 spiro atoms. The molecule has 0 bridgehead atoms. The maximum atomic E-state index is 13.6. The third-order valence-corrected chi connectivity index (χ3v) is 4.30. The maximum Gasteiger partial charge on any atom is 0.317 e. The van der Waals surface area contributed by atoms with Crippen LogP contribution in [0, 0.1) is 5.82 Å². The molecule has 0 aliphatic carbocycles. The number of amides is 2. The van der Waals surface area contributed by atoms with E-state index in [1.807, 2.05) is 13.0 Å². The predicted octanol–water partition coefficient (Wildman–Crippen LogP) is 2.84. The van der Waals surface area contributed by atoms with E-state index in [4.69, 9.17) is 0 Å². The number of para-hydroxylation sites is 1. The molecule has 2 amide bonds. The highest BCUT2D eigenvalue weighted by Crippen LogP contribution is 2.08. The summed E-state index contributed by atoms with van der Waals surface area (Å²) in [6.45, 7) is 2.79. The molecule has 1 heterocycles. The number of hydrogen-bond acceptors (Lipinski definition) is 3. The van der Waals surface area contributed by atoms with E-state index in [2.05, 4.69) is 15.3 Å². The largest absolute Gasteiger partial charge is 0.338 e. The Balaban J connectivity index is 1.63. The van der Waals surface area contributed by atoms with Crippen molar-refractivity contribution in [2.45, 2.75) is 19.9 Å². The van der Waals surface area contributed by atoms with E-state index in [9.17, 15) is 14.0 Å². The van der Waals surface area contributed by atoms with Crippen LogP contribution in [0.3, 0.4) is 0 Å². The molecule has 0 radical (unpaired) electrons. The number of nitrogens with zero attached hydrogens (tertiary/aromatic N) is 2. The molecule has 0 saturated heterocycles. The average molecular weight is 368 g/mol. The van der Waals surface area contributed by atoms with Crippen molar-refractivity contribution in [3.05, 3.63) is 76.1 Å². The van der Waals surface area contributed by atoms with Crippen LogP contribution in [0.4, 0.5) is 9.18 Å². The SMILES string of the molecule is CCN(Cc1nc2ccccc2c(=O)[nH]1)C(=O)NCCc1ccccc1F. The van der Waals surface area contributed by atoms with E-state index in [0.717, 1.165) is 0 Å². The quantitative estimate of drug-likeness (QED) is 0.702. The summed E-state index contributed by atoms with van der Waals surface area (Å²) in [7, 11) is 0. The van der Waals surface area contributed by atoms with Crippen LogP contribution in [0.15, 0.2) is 53.3 Å². The molecule has 0 fully saturated rings. The summed E-state index contributed by atoms with van der Waals surface area (Å²) in [6.07, 6.45) is 0.404. The zero-order valence-electron chi connectivity index (χ0n) is 15.0. The maximum absolute atomic E-state index is 13.6. The van der Waals surface area contributed by atoms with E-state index in [-0.39, 0.29) is 24.0 Å². The van der Waals surface area contributed by atoms with Crippen LogP contribution in [0.1, 0.15) is 18.3 Å². The second-order valence-corrected chi connectivity index (χ2v) is 6.12. The third-order valence-electron chi connectivity index (χ3n) is 4.30. The molecule has 3 aromatic rings. The summed E-state index contributed by atoms with van der Waals surface area (Å²) in [5.74, 6) is 0.141.